The van der Waals surface area contributed by atoms with Crippen LogP contribution in [0.3, 0.4) is 0 Å². The standard InChI is InChI=1S/C19H21NO4/c1-19(2,14-7-8-16-17(10-14)24-12-23-16)11-20-18(22)9-13-5-3-4-6-15(13)21/h3-8,10,21H,9,11-12H2,1-2H3,(H,20,22). The molecular formula is C19H21NO4. The fourth-order valence-electron chi connectivity index (χ4n) is 2.63. The van der Waals surface area contributed by atoms with Gasteiger partial charge in [0.1, 0.15) is 5.75 Å². The average molecular weight is 327 g/mol. The SMILES string of the molecule is CC(C)(CNC(=O)Cc1ccccc1O)c1ccc2c(c1)OCO2. The Kier molecular flexibility index (Phi) is 4.34. The molecule has 0 unspecified atom stereocenters. The van der Waals surface area contributed by atoms with Gasteiger partial charge >= 0.3 is 0 Å². The third kappa shape index (κ3) is 3.45. The summed E-state index contributed by atoms with van der Waals surface area (Å²) in [4.78, 5) is 12.2. The lowest BCUT2D eigenvalue weighted by Gasteiger charge is -2.26. The highest BCUT2D eigenvalue weighted by Crippen LogP contribution is 2.36. The second-order valence-corrected chi connectivity index (χ2v) is 6.53. The van der Waals surface area contributed by atoms with Gasteiger partial charge in [0.15, 0.2) is 11.5 Å². The van der Waals surface area contributed by atoms with Crippen LogP contribution >= 0.6 is 0 Å². The average Bonchev–Trinajstić information content (AvgIpc) is 3.03. The van der Waals surface area contributed by atoms with Crippen molar-refractivity contribution in [1.82, 2.24) is 5.32 Å². The molecule has 0 spiro atoms. The number of nitrogens with one attached hydrogen (secondary N) is 1. The molecule has 0 bridgehead atoms. The molecule has 0 atom stereocenters. The van der Waals surface area contributed by atoms with Crippen molar-refractivity contribution >= 4 is 5.91 Å². The number of para-hydroxylation sites is 1. The number of rotatable bonds is 5. The van der Waals surface area contributed by atoms with Gasteiger partial charge in [-0.15, -0.1) is 0 Å². The van der Waals surface area contributed by atoms with Crippen molar-refractivity contribution in [3.8, 4) is 17.2 Å². The predicted octanol–water partition coefficient (Wildman–Crippen LogP) is 2.76. The number of aromatic hydroxyl groups is 1. The molecule has 0 aromatic heterocycles. The van der Waals surface area contributed by atoms with Gasteiger partial charge in [-0.05, 0) is 23.8 Å². The van der Waals surface area contributed by atoms with Crippen molar-refractivity contribution in [2.75, 3.05) is 13.3 Å². The van der Waals surface area contributed by atoms with Crippen LogP contribution in [0, 0.1) is 0 Å². The van der Waals surface area contributed by atoms with E-state index in [-0.39, 0.29) is 30.3 Å². The smallest absolute Gasteiger partial charge is 0.231 e. The van der Waals surface area contributed by atoms with Gasteiger partial charge in [0.2, 0.25) is 12.7 Å². The quantitative estimate of drug-likeness (QED) is 0.886. The third-order valence-electron chi connectivity index (χ3n) is 4.22. The second-order valence-electron chi connectivity index (χ2n) is 6.53. The highest BCUT2D eigenvalue weighted by atomic mass is 16.7. The maximum Gasteiger partial charge on any atom is 0.231 e. The molecule has 24 heavy (non-hydrogen) atoms. The molecule has 1 aliphatic rings. The van der Waals surface area contributed by atoms with E-state index in [4.69, 9.17) is 9.47 Å². The molecule has 2 aromatic carbocycles. The number of phenols is 1. The van der Waals surface area contributed by atoms with Crippen molar-refractivity contribution in [3.63, 3.8) is 0 Å². The van der Waals surface area contributed by atoms with E-state index in [1.54, 1.807) is 24.3 Å². The maximum atomic E-state index is 12.2. The van der Waals surface area contributed by atoms with E-state index in [1.165, 1.54) is 0 Å². The lowest BCUT2D eigenvalue weighted by atomic mass is 9.84. The summed E-state index contributed by atoms with van der Waals surface area (Å²) in [5.74, 6) is 1.51. The number of fused-ring (bicyclic) bond motifs is 1. The van der Waals surface area contributed by atoms with Crippen LogP contribution in [0.4, 0.5) is 0 Å². The second kappa shape index (κ2) is 6.43. The van der Waals surface area contributed by atoms with Crippen LogP contribution in [0.15, 0.2) is 42.5 Å². The van der Waals surface area contributed by atoms with Crippen LogP contribution in [0.2, 0.25) is 0 Å². The first-order valence-corrected chi connectivity index (χ1v) is 7.89. The van der Waals surface area contributed by atoms with Gasteiger partial charge in [-0.3, -0.25) is 4.79 Å². The topological polar surface area (TPSA) is 67.8 Å². The molecule has 1 amide bonds. The van der Waals surface area contributed by atoms with Gasteiger partial charge in [-0.1, -0.05) is 38.1 Å². The van der Waals surface area contributed by atoms with Gasteiger partial charge < -0.3 is 19.9 Å². The number of hydrogen-bond acceptors (Lipinski definition) is 4. The Morgan fingerprint density at radius 2 is 1.92 bits per heavy atom. The first kappa shape index (κ1) is 16.2. The number of carbonyl (C=O) groups is 1. The number of ether oxygens (including phenoxy) is 2. The summed E-state index contributed by atoms with van der Waals surface area (Å²) in [5.41, 5.74) is 1.43. The number of phenolic OH excluding ortho intramolecular Hbond substituents is 1. The van der Waals surface area contributed by atoms with E-state index in [0.717, 1.165) is 17.1 Å². The van der Waals surface area contributed by atoms with Crippen LogP contribution < -0.4 is 14.8 Å². The number of benzene rings is 2. The monoisotopic (exact) mass is 327 g/mol. The predicted molar refractivity (Wildman–Crippen MR) is 90.4 cm³/mol. The van der Waals surface area contributed by atoms with Crippen molar-refractivity contribution in [2.24, 2.45) is 0 Å². The fraction of sp³-hybridized carbons (Fsp3) is 0.316. The molecule has 3 rings (SSSR count). The number of amides is 1. The molecule has 0 aliphatic carbocycles. The minimum atomic E-state index is -0.255. The van der Waals surface area contributed by atoms with Crippen molar-refractivity contribution < 1.29 is 19.4 Å². The van der Waals surface area contributed by atoms with E-state index in [2.05, 4.69) is 19.2 Å². The molecule has 5 heteroatoms. The normalized spacial score (nSPS) is 12.9. The van der Waals surface area contributed by atoms with Gasteiger partial charge in [0.05, 0.1) is 6.42 Å². The minimum absolute atomic E-state index is 0.120. The van der Waals surface area contributed by atoms with Gasteiger partial charge in [-0.25, -0.2) is 0 Å². The maximum absolute atomic E-state index is 12.2. The van der Waals surface area contributed by atoms with E-state index in [9.17, 15) is 9.90 Å². The number of carbonyl (C=O) groups excluding carboxylic acids is 1. The van der Waals surface area contributed by atoms with Crippen molar-refractivity contribution in [3.05, 3.63) is 53.6 Å². The fourth-order valence-corrected chi connectivity index (χ4v) is 2.63. The van der Waals surface area contributed by atoms with Crippen LogP contribution in [0.1, 0.15) is 25.0 Å². The van der Waals surface area contributed by atoms with Crippen molar-refractivity contribution in [2.45, 2.75) is 25.7 Å². The first-order valence-electron chi connectivity index (χ1n) is 7.89. The van der Waals surface area contributed by atoms with E-state index in [0.29, 0.717) is 12.1 Å². The summed E-state index contributed by atoms with van der Waals surface area (Å²) in [6.07, 6.45) is 0.157. The van der Waals surface area contributed by atoms with Crippen LogP contribution in [-0.4, -0.2) is 24.4 Å². The summed E-state index contributed by atoms with van der Waals surface area (Å²) < 4.78 is 10.7. The Morgan fingerprint density at radius 1 is 1.17 bits per heavy atom. The van der Waals surface area contributed by atoms with Crippen LogP contribution in [-0.2, 0) is 16.6 Å². The van der Waals surface area contributed by atoms with E-state index in [1.807, 2.05) is 18.2 Å². The zero-order chi connectivity index (χ0) is 17.2. The molecule has 1 heterocycles. The molecule has 5 nitrogen and oxygen atoms in total. The zero-order valence-corrected chi connectivity index (χ0v) is 13.8. The molecule has 0 radical (unpaired) electrons. The Hall–Kier alpha value is -2.69. The van der Waals surface area contributed by atoms with E-state index >= 15 is 0 Å². The molecule has 0 saturated heterocycles. The first-order chi connectivity index (χ1) is 11.5. The minimum Gasteiger partial charge on any atom is -0.508 e. The zero-order valence-electron chi connectivity index (χ0n) is 13.8. The Balaban J connectivity index is 1.62. The Bertz CT molecular complexity index is 755. The van der Waals surface area contributed by atoms with Crippen molar-refractivity contribution in [1.29, 1.82) is 0 Å². The van der Waals surface area contributed by atoms with Gasteiger partial charge in [0, 0.05) is 17.5 Å². The largest absolute Gasteiger partial charge is 0.508 e. The molecule has 1 aliphatic heterocycles. The summed E-state index contributed by atoms with van der Waals surface area (Å²) in [6.45, 7) is 4.85. The summed E-state index contributed by atoms with van der Waals surface area (Å²) in [6, 6.07) is 12.7. The third-order valence-corrected chi connectivity index (χ3v) is 4.22. The number of hydrogen-bond donors (Lipinski definition) is 2. The van der Waals surface area contributed by atoms with Gasteiger partial charge in [0.25, 0.3) is 0 Å². The Morgan fingerprint density at radius 3 is 2.71 bits per heavy atom. The highest BCUT2D eigenvalue weighted by molar-refractivity contribution is 5.79. The molecule has 2 N–H and O–H groups in total. The molecule has 2 aromatic rings. The van der Waals surface area contributed by atoms with Gasteiger partial charge in [-0.2, -0.15) is 0 Å². The summed E-state index contributed by atoms with van der Waals surface area (Å²) >= 11 is 0. The molecule has 0 fully saturated rings. The molecule has 0 saturated carbocycles. The summed E-state index contributed by atoms with van der Waals surface area (Å²) in [5, 5.41) is 12.7. The molecular weight excluding hydrogens is 306 g/mol. The van der Waals surface area contributed by atoms with Crippen LogP contribution in [0.5, 0.6) is 17.2 Å². The lowest BCUT2D eigenvalue weighted by Crippen LogP contribution is -2.37. The Labute approximate surface area is 141 Å². The van der Waals surface area contributed by atoms with Crippen LogP contribution in [0.25, 0.3) is 0 Å². The molecule has 126 valence electrons. The van der Waals surface area contributed by atoms with E-state index < -0.39 is 0 Å². The highest BCUT2D eigenvalue weighted by Gasteiger charge is 2.24. The lowest BCUT2D eigenvalue weighted by molar-refractivity contribution is -0.120. The summed E-state index contributed by atoms with van der Waals surface area (Å²) in [7, 11) is 0.